The SMILES string of the molecule is C[C@@H]1[C@H]2C[C@@H]3N(CC[C@@]34C(=O)N(C)c3ccccc34)C[C@@H]2CC[C@@H]1O. The van der Waals surface area contributed by atoms with Crippen LogP contribution >= 0.6 is 0 Å². The van der Waals surface area contributed by atoms with E-state index < -0.39 is 0 Å². The Balaban J connectivity index is 1.56. The first-order valence-corrected chi connectivity index (χ1v) is 9.84. The van der Waals surface area contributed by atoms with Gasteiger partial charge in [-0.25, -0.2) is 0 Å². The van der Waals surface area contributed by atoms with Crippen molar-refractivity contribution in [2.45, 2.75) is 50.2 Å². The fraction of sp³-hybridized carbons (Fsp3) is 0.667. The molecule has 5 rings (SSSR count). The predicted molar refractivity (Wildman–Crippen MR) is 97.5 cm³/mol. The Morgan fingerprint density at radius 1 is 1.24 bits per heavy atom. The molecule has 4 aliphatic rings. The molecule has 1 aromatic rings. The number of aliphatic hydroxyl groups is 1. The highest BCUT2D eigenvalue weighted by Crippen LogP contribution is 2.55. The van der Waals surface area contributed by atoms with Crippen LogP contribution in [-0.4, -0.2) is 48.2 Å². The van der Waals surface area contributed by atoms with Gasteiger partial charge in [0, 0.05) is 25.3 Å². The summed E-state index contributed by atoms with van der Waals surface area (Å²) in [6, 6.07) is 8.66. The van der Waals surface area contributed by atoms with Crippen LogP contribution in [0.3, 0.4) is 0 Å². The lowest BCUT2D eigenvalue weighted by molar-refractivity contribution is -0.125. The Labute approximate surface area is 149 Å². The fourth-order valence-electron chi connectivity index (χ4n) is 6.52. The van der Waals surface area contributed by atoms with Crippen LogP contribution in [0.15, 0.2) is 24.3 Å². The van der Waals surface area contributed by atoms with E-state index in [9.17, 15) is 9.90 Å². The molecule has 0 unspecified atom stereocenters. The molecular weight excluding hydrogens is 312 g/mol. The van der Waals surface area contributed by atoms with E-state index in [0.29, 0.717) is 23.8 Å². The van der Waals surface area contributed by atoms with Crippen LogP contribution < -0.4 is 4.90 Å². The lowest BCUT2D eigenvalue weighted by Gasteiger charge is -2.50. The third kappa shape index (κ3) is 1.93. The van der Waals surface area contributed by atoms with Gasteiger partial charge in [0.1, 0.15) is 0 Å². The van der Waals surface area contributed by atoms with Gasteiger partial charge in [-0.05, 0) is 61.6 Å². The summed E-state index contributed by atoms with van der Waals surface area (Å²) in [5.41, 5.74) is 1.96. The van der Waals surface area contributed by atoms with Gasteiger partial charge in [0.15, 0.2) is 0 Å². The summed E-state index contributed by atoms with van der Waals surface area (Å²) in [4.78, 5) is 17.9. The zero-order valence-corrected chi connectivity index (χ0v) is 15.2. The molecule has 25 heavy (non-hydrogen) atoms. The van der Waals surface area contributed by atoms with E-state index >= 15 is 0 Å². The number of amides is 1. The van der Waals surface area contributed by atoms with Gasteiger partial charge in [0.25, 0.3) is 0 Å². The number of carbonyl (C=O) groups is 1. The second kappa shape index (κ2) is 5.31. The molecule has 3 heterocycles. The molecular formula is C21H28N2O2. The highest BCUT2D eigenvalue weighted by molar-refractivity contribution is 6.08. The highest BCUT2D eigenvalue weighted by Gasteiger charge is 2.61. The van der Waals surface area contributed by atoms with Crippen LogP contribution in [-0.2, 0) is 10.2 Å². The largest absolute Gasteiger partial charge is 0.393 e. The van der Waals surface area contributed by atoms with Crippen molar-refractivity contribution < 1.29 is 9.90 Å². The van der Waals surface area contributed by atoms with Gasteiger partial charge in [-0.1, -0.05) is 25.1 Å². The molecule has 3 fully saturated rings. The van der Waals surface area contributed by atoms with Crippen molar-refractivity contribution in [1.82, 2.24) is 4.90 Å². The minimum Gasteiger partial charge on any atom is -0.393 e. The Morgan fingerprint density at radius 3 is 2.88 bits per heavy atom. The maximum Gasteiger partial charge on any atom is 0.239 e. The van der Waals surface area contributed by atoms with E-state index in [1.165, 1.54) is 5.56 Å². The van der Waals surface area contributed by atoms with Gasteiger partial charge in [-0.3, -0.25) is 9.69 Å². The molecule has 2 saturated heterocycles. The zero-order valence-electron chi connectivity index (χ0n) is 15.2. The van der Waals surface area contributed by atoms with E-state index in [4.69, 9.17) is 0 Å². The first-order chi connectivity index (χ1) is 12.0. The normalized spacial score (nSPS) is 43.2. The molecule has 0 aromatic heterocycles. The summed E-state index contributed by atoms with van der Waals surface area (Å²) in [6.07, 6.45) is 3.90. The van der Waals surface area contributed by atoms with E-state index in [0.717, 1.165) is 44.5 Å². The number of fused-ring (bicyclic) bond motifs is 5. The number of anilines is 1. The molecule has 1 aromatic carbocycles. The molecule has 1 saturated carbocycles. The van der Waals surface area contributed by atoms with Crippen LogP contribution in [0.1, 0.15) is 38.2 Å². The summed E-state index contributed by atoms with van der Waals surface area (Å²) >= 11 is 0. The summed E-state index contributed by atoms with van der Waals surface area (Å²) in [6.45, 7) is 4.35. The molecule has 4 nitrogen and oxygen atoms in total. The minimum atomic E-state index is -0.363. The second-order valence-electron chi connectivity index (χ2n) is 8.78. The summed E-state index contributed by atoms with van der Waals surface area (Å²) in [5, 5.41) is 10.4. The van der Waals surface area contributed by atoms with Gasteiger partial charge in [-0.2, -0.15) is 0 Å². The number of benzene rings is 1. The monoisotopic (exact) mass is 340 g/mol. The molecule has 1 aliphatic carbocycles. The third-order valence-corrected chi connectivity index (χ3v) is 7.92. The number of hydrogen-bond acceptors (Lipinski definition) is 3. The Hall–Kier alpha value is -1.39. The van der Waals surface area contributed by atoms with Crippen molar-refractivity contribution in [1.29, 1.82) is 0 Å². The van der Waals surface area contributed by atoms with Crippen molar-refractivity contribution in [3.05, 3.63) is 29.8 Å². The van der Waals surface area contributed by atoms with Crippen LogP contribution in [0.25, 0.3) is 0 Å². The van der Waals surface area contributed by atoms with Crippen LogP contribution in [0.2, 0.25) is 0 Å². The standard InChI is InChI=1S/C21H28N2O2/c1-13-15-11-19-21(9-10-23(19)12-14(15)7-8-18(13)24)16-5-3-4-6-17(16)22(2)20(21)25/h3-6,13-15,18-19,24H,7-12H2,1-2H3/t13-,14+,15-,18+,19+,21+/m1/s1. The summed E-state index contributed by atoms with van der Waals surface area (Å²) < 4.78 is 0. The lowest BCUT2D eigenvalue weighted by atomic mass is 9.62. The number of rotatable bonds is 0. The molecule has 1 spiro atoms. The van der Waals surface area contributed by atoms with Crippen molar-refractivity contribution in [3.63, 3.8) is 0 Å². The summed E-state index contributed by atoms with van der Waals surface area (Å²) in [7, 11) is 1.93. The molecule has 6 atom stereocenters. The molecule has 1 N–H and O–H groups in total. The number of aliphatic hydroxyl groups excluding tert-OH is 1. The number of nitrogens with zero attached hydrogens (tertiary/aromatic N) is 2. The van der Waals surface area contributed by atoms with Gasteiger partial charge < -0.3 is 10.0 Å². The minimum absolute atomic E-state index is 0.167. The predicted octanol–water partition coefficient (Wildman–Crippen LogP) is 2.40. The molecule has 4 heteroatoms. The quantitative estimate of drug-likeness (QED) is 0.789. The molecule has 134 valence electrons. The average Bonchev–Trinajstić information content (AvgIpc) is 3.11. The molecule has 0 bridgehead atoms. The molecule has 0 radical (unpaired) electrons. The van der Waals surface area contributed by atoms with Crippen molar-refractivity contribution in [2.24, 2.45) is 17.8 Å². The van der Waals surface area contributed by atoms with Gasteiger partial charge in [0.05, 0.1) is 11.5 Å². The Bertz CT molecular complexity index is 720. The fourth-order valence-corrected chi connectivity index (χ4v) is 6.52. The van der Waals surface area contributed by atoms with Crippen molar-refractivity contribution >= 4 is 11.6 Å². The molecule has 3 aliphatic heterocycles. The van der Waals surface area contributed by atoms with Crippen molar-refractivity contribution in [2.75, 3.05) is 25.0 Å². The van der Waals surface area contributed by atoms with Gasteiger partial charge >= 0.3 is 0 Å². The number of carbonyl (C=O) groups excluding carboxylic acids is 1. The number of para-hydroxylation sites is 1. The number of likely N-dealkylation sites (N-methyl/N-ethyl adjacent to an activating group) is 1. The Morgan fingerprint density at radius 2 is 2.04 bits per heavy atom. The zero-order chi connectivity index (χ0) is 17.3. The van der Waals surface area contributed by atoms with E-state index in [-0.39, 0.29) is 17.4 Å². The average molecular weight is 340 g/mol. The first kappa shape index (κ1) is 15.8. The van der Waals surface area contributed by atoms with Crippen LogP contribution in [0, 0.1) is 17.8 Å². The lowest BCUT2D eigenvalue weighted by Crippen LogP contribution is -2.56. The number of piperidine rings is 1. The highest BCUT2D eigenvalue weighted by atomic mass is 16.3. The maximum absolute atomic E-state index is 13.4. The summed E-state index contributed by atoms with van der Waals surface area (Å²) in [5.74, 6) is 1.87. The maximum atomic E-state index is 13.4. The Kier molecular flexibility index (Phi) is 3.36. The number of hydrogen-bond donors (Lipinski definition) is 1. The van der Waals surface area contributed by atoms with Crippen molar-refractivity contribution in [3.8, 4) is 0 Å². The second-order valence-corrected chi connectivity index (χ2v) is 8.78. The van der Waals surface area contributed by atoms with Gasteiger partial charge in [0.2, 0.25) is 5.91 Å². The smallest absolute Gasteiger partial charge is 0.239 e. The van der Waals surface area contributed by atoms with E-state index in [2.05, 4.69) is 30.0 Å². The van der Waals surface area contributed by atoms with E-state index in [1.807, 2.05) is 18.0 Å². The van der Waals surface area contributed by atoms with Crippen LogP contribution in [0.4, 0.5) is 5.69 Å². The third-order valence-electron chi connectivity index (χ3n) is 7.92. The molecule has 1 amide bonds. The first-order valence-electron chi connectivity index (χ1n) is 9.84. The van der Waals surface area contributed by atoms with Crippen LogP contribution in [0.5, 0.6) is 0 Å². The van der Waals surface area contributed by atoms with E-state index in [1.54, 1.807) is 0 Å². The van der Waals surface area contributed by atoms with Gasteiger partial charge in [-0.15, -0.1) is 0 Å². The topological polar surface area (TPSA) is 43.8 Å².